The summed E-state index contributed by atoms with van der Waals surface area (Å²) in [5.74, 6) is -0.744. The Morgan fingerprint density at radius 3 is 2.75 bits per heavy atom. The summed E-state index contributed by atoms with van der Waals surface area (Å²) in [5, 5.41) is 3.20. The Morgan fingerprint density at radius 2 is 2.08 bits per heavy atom. The summed E-state index contributed by atoms with van der Waals surface area (Å²) in [7, 11) is 0. The summed E-state index contributed by atoms with van der Waals surface area (Å²) in [6, 6.07) is 6.56. The lowest BCUT2D eigenvalue weighted by Gasteiger charge is -2.14. The molecule has 2 heterocycles. The van der Waals surface area contributed by atoms with E-state index in [1.165, 1.54) is 46.5 Å². The largest absolute Gasteiger partial charge is 0.324 e. The molecule has 2 aromatic heterocycles. The zero-order valence-corrected chi connectivity index (χ0v) is 14.1. The number of rotatable bonds is 4. The quantitative estimate of drug-likeness (QED) is 0.788. The van der Waals surface area contributed by atoms with Crippen molar-refractivity contribution in [1.82, 2.24) is 9.55 Å². The fourth-order valence-corrected chi connectivity index (χ4v) is 3.27. The van der Waals surface area contributed by atoms with Crippen molar-refractivity contribution in [2.75, 3.05) is 5.32 Å². The van der Waals surface area contributed by atoms with Crippen molar-refractivity contribution in [3.8, 4) is 0 Å². The van der Waals surface area contributed by atoms with Crippen molar-refractivity contribution in [1.29, 1.82) is 0 Å². The molecule has 0 saturated carbocycles. The number of anilines is 1. The van der Waals surface area contributed by atoms with Crippen molar-refractivity contribution in [2.45, 2.75) is 26.3 Å². The molecule has 7 heteroatoms. The summed E-state index contributed by atoms with van der Waals surface area (Å²) in [4.78, 5) is 31.0. The number of aryl methyl sites for hydroxylation is 1. The van der Waals surface area contributed by atoms with Crippen LogP contribution in [-0.2, 0) is 11.2 Å². The van der Waals surface area contributed by atoms with Gasteiger partial charge in [-0.1, -0.05) is 6.92 Å². The lowest BCUT2D eigenvalue weighted by atomic mass is 10.2. The van der Waals surface area contributed by atoms with Crippen LogP contribution in [0.15, 0.2) is 41.5 Å². The second-order valence-electron chi connectivity index (χ2n) is 5.41. The van der Waals surface area contributed by atoms with Gasteiger partial charge in [-0.2, -0.15) is 0 Å². The van der Waals surface area contributed by atoms with Crippen LogP contribution in [0.5, 0.6) is 0 Å². The lowest BCUT2D eigenvalue weighted by Crippen LogP contribution is -2.31. The number of carbonyl (C=O) groups excluding carboxylic acids is 1. The minimum atomic E-state index is -0.732. The molecule has 1 atom stereocenters. The van der Waals surface area contributed by atoms with E-state index in [4.69, 9.17) is 0 Å². The SMILES string of the molecule is CCc1cc2c(=O)n([C@@H](C)C(=O)Nc3ccc(F)cc3)cnc2s1. The Hall–Kier alpha value is -2.54. The summed E-state index contributed by atoms with van der Waals surface area (Å²) in [6.45, 7) is 3.64. The van der Waals surface area contributed by atoms with Crippen LogP contribution in [0.4, 0.5) is 10.1 Å². The van der Waals surface area contributed by atoms with E-state index in [0.717, 1.165) is 11.3 Å². The molecule has 0 aliphatic carbocycles. The molecule has 1 amide bonds. The third-order valence-electron chi connectivity index (χ3n) is 3.78. The van der Waals surface area contributed by atoms with E-state index < -0.39 is 6.04 Å². The topological polar surface area (TPSA) is 64.0 Å². The number of hydrogen-bond donors (Lipinski definition) is 1. The molecule has 124 valence electrons. The molecular formula is C17H16FN3O2S. The van der Waals surface area contributed by atoms with Crippen molar-refractivity contribution < 1.29 is 9.18 Å². The smallest absolute Gasteiger partial charge is 0.262 e. The molecule has 1 aromatic carbocycles. The molecule has 3 rings (SSSR count). The number of carbonyl (C=O) groups is 1. The van der Waals surface area contributed by atoms with E-state index in [9.17, 15) is 14.0 Å². The summed E-state index contributed by atoms with van der Waals surface area (Å²) >= 11 is 1.48. The average molecular weight is 345 g/mol. The summed E-state index contributed by atoms with van der Waals surface area (Å²) in [5.41, 5.74) is 0.233. The van der Waals surface area contributed by atoms with Gasteiger partial charge < -0.3 is 5.32 Å². The number of nitrogens with one attached hydrogen (secondary N) is 1. The van der Waals surface area contributed by atoms with Crippen molar-refractivity contribution >= 4 is 33.1 Å². The van der Waals surface area contributed by atoms with Crippen LogP contribution in [0.2, 0.25) is 0 Å². The van der Waals surface area contributed by atoms with Crippen LogP contribution in [0.25, 0.3) is 10.2 Å². The first-order valence-corrected chi connectivity index (χ1v) is 8.37. The van der Waals surface area contributed by atoms with Crippen LogP contribution >= 0.6 is 11.3 Å². The van der Waals surface area contributed by atoms with Crippen LogP contribution in [0.1, 0.15) is 24.8 Å². The molecule has 3 aromatic rings. The van der Waals surface area contributed by atoms with Gasteiger partial charge in [0.05, 0.1) is 11.7 Å². The normalized spacial score (nSPS) is 12.3. The predicted molar refractivity (Wildman–Crippen MR) is 93.0 cm³/mol. The standard InChI is InChI=1S/C17H16FN3O2S/c1-3-13-8-14-16(24-13)19-9-21(17(14)23)10(2)15(22)20-12-6-4-11(18)5-7-12/h4-10H,3H2,1-2H3,(H,20,22)/t10-/m0/s1. The molecule has 0 unspecified atom stereocenters. The van der Waals surface area contributed by atoms with Crippen LogP contribution in [0.3, 0.4) is 0 Å². The molecule has 0 saturated heterocycles. The minimum absolute atomic E-state index is 0.238. The number of benzene rings is 1. The number of aromatic nitrogens is 2. The van der Waals surface area contributed by atoms with E-state index in [2.05, 4.69) is 10.3 Å². The minimum Gasteiger partial charge on any atom is -0.324 e. The second kappa shape index (κ2) is 6.52. The number of amides is 1. The highest BCUT2D eigenvalue weighted by Gasteiger charge is 2.18. The predicted octanol–water partition coefficient (Wildman–Crippen LogP) is 3.36. The van der Waals surface area contributed by atoms with Gasteiger partial charge in [0.15, 0.2) is 0 Å². The van der Waals surface area contributed by atoms with Crippen molar-refractivity contribution in [3.63, 3.8) is 0 Å². The van der Waals surface area contributed by atoms with Gasteiger partial charge >= 0.3 is 0 Å². The van der Waals surface area contributed by atoms with Crippen LogP contribution in [-0.4, -0.2) is 15.5 Å². The fourth-order valence-electron chi connectivity index (χ4n) is 2.34. The van der Waals surface area contributed by atoms with Crippen LogP contribution in [0, 0.1) is 5.82 Å². The van der Waals surface area contributed by atoms with E-state index >= 15 is 0 Å². The molecule has 0 bridgehead atoms. The maximum atomic E-state index is 12.9. The van der Waals surface area contributed by atoms with E-state index in [1.54, 1.807) is 6.92 Å². The third kappa shape index (κ3) is 3.07. The van der Waals surface area contributed by atoms with Gasteiger partial charge in [0.1, 0.15) is 16.7 Å². The van der Waals surface area contributed by atoms with Gasteiger partial charge in [0, 0.05) is 10.6 Å². The zero-order chi connectivity index (χ0) is 17.3. The first-order chi connectivity index (χ1) is 11.5. The highest BCUT2D eigenvalue weighted by atomic mass is 32.1. The molecule has 0 spiro atoms. The molecule has 0 aliphatic rings. The molecule has 0 radical (unpaired) electrons. The Balaban J connectivity index is 1.88. The number of halogens is 1. The monoisotopic (exact) mass is 345 g/mol. The zero-order valence-electron chi connectivity index (χ0n) is 13.2. The number of thiophene rings is 1. The maximum absolute atomic E-state index is 12.9. The third-order valence-corrected chi connectivity index (χ3v) is 4.97. The summed E-state index contributed by atoms with van der Waals surface area (Å²) < 4.78 is 14.2. The first-order valence-electron chi connectivity index (χ1n) is 7.55. The Bertz CT molecular complexity index is 947. The highest BCUT2D eigenvalue weighted by Crippen LogP contribution is 2.22. The highest BCUT2D eigenvalue weighted by molar-refractivity contribution is 7.18. The fraction of sp³-hybridized carbons (Fsp3) is 0.235. The molecule has 5 nitrogen and oxygen atoms in total. The Morgan fingerprint density at radius 1 is 1.38 bits per heavy atom. The molecule has 0 aliphatic heterocycles. The lowest BCUT2D eigenvalue weighted by molar-refractivity contribution is -0.118. The van der Waals surface area contributed by atoms with Gasteiger partial charge in [0.25, 0.3) is 5.56 Å². The molecule has 0 fully saturated rings. The molecule has 24 heavy (non-hydrogen) atoms. The van der Waals surface area contributed by atoms with Gasteiger partial charge in [-0.15, -0.1) is 11.3 Å². The number of hydrogen-bond acceptors (Lipinski definition) is 4. The second-order valence-corrected chi connectivity index (χ2v) is 6.53. The average Bonchev–Trinajstić information content (AvgIpc) is 3.01. The van der Waals surface area contributed by atoms with E-state index in [-0.39, 0.29) is 17.3 Å². The van der Waals surface area contributed by atoms with E-state index in [1.807, 2.05) is 13.0 Å². The Kier molecular flexibility index (Phi) is 4.44. The first kappa shape index (κ1) is 16.3. The maximum Gasteiger partial charge on any atom is 0.262 e. The van der Waals surface area contributed by atoms with Crippen molar-refractivity contribution in [3.05, 3.63) is 57.7 Å². The molecule has 1 N–H and O–H groups in total. The van der Waals surface area contributed by atoms with Gasteiger partial charge in [0.2, 0.25) is 5.91 Å². The van der Waals surface area contributed by atoms with Crippen molar-refractivity contribution in [2.24, 2.45) is 0 Å². The van der Waals surface area contributed by atoms with Crippen LogP contribution < -0.4 is 10.9 Å². The number of nitrogens with zero attached hydrogens (tertiary/aromatic N) is 2. The van der Waals surface area contributed by atoms with Gasteiger partial charge in [-0.25, -0.2) is 9.37 Å². The number of fused-ring (bicyclic) bond motifs is 1. The van der Waals surface area contributed by atoms with Gasteiger partial charge in [-0.3, -0.25) is 14.2 Å². The Labute approximate surface area is 141 Å². The molecular weight excluding hydrogens is 329 g/mol. The summed E-state index contributed by atoms with van der Waals surface area (Å²) in [6.07, 6.45) is 2.23. The van der Waals surface area contributed by atoms with E-state index in [0.29, 0.717) is 15.9 Å². The van der Waals surface area contributed by atoms with Gasteiger partial charge in [-0.05, 0) is 43.7 Å².